The van der Waals surface area contributed by atoms with E-state index in [1.54, 1.807) is 24.4 Å². The second-order valence-electron chi connectivity index (χ2n) is 6.27. The SMILES string of the molecule is CC(C)CCC(C)C(Oc1ccc(Cl)c2cccnc12)C(=O)O. The van der Waals surface area contributed by atoms with E-state index in [1.165, 1.54) is 0 Å². The Morgan fingerprint density at radius 1 is 1.26 bits per heavy atom. The molecular weight excluding hydrogens is 314 g/mol. The van der Waals surface area contributed by atoms with Crippen molar-refractivity contribution in [3.63, 3.8) is 0 Å². The van der Waals surface area contributed by atoms with Gasteiger partial charge in [-0.3, -0.25) is 4.98 Å². The number of halogens is 1. The molecule has 1 aromatic heterocycles. The average molecular weight is 336 g/mol. The number of nitrogens with zero attached hydrogens (tertiary/aromatic N) is 1. The van der Waals surface area contributed by atoms with Crippen LogP contribution in [0.15, 0.2) is 30.5 Å². The van der Waals surface area contributed by atoms with E-state index in [0.29, 0.717) is 22.2 Å². The summed E-state index contributed by atoms with van der Waals surface area (Å²) in [7, 11) is 0. The van der Waals surface area contributed by atoms with E-state index in [-0.39, 0.29) is 5.92 Å². The molecular formula is C18H22ClNO3. The van der Waals surface area contributed by atoms with Gasteiger partial charge in [-0.1, -0.05) is 38.8 Å². The summed E-state index contributed by atoms with van der Waals surface area (Å²) in [5, 5.41) is 10.9. The molecule has 0 aliphatic heterocycles. The highest BCUT2D eigenvalue weighted by Gasteiger charge is 2.27. The Labute approximate surface area is 141 Å². The third kappa shape index (κ3) is 4.35. The van der Waals surface area contributed by atoms with E-state index in [0.717, 1.165) is 18.2 Å². The second kappa shape index (κ2) is 7.64. The van der Waals surface area contributed by atoms with Crippen LogP contribution in [0.4, 0.5) is 0 Å². The van der Waals surface area contributed by atoms with Gasteiger partial charge in [0, 0.05) is 17.5 Å². The van der Waals surface area contributed by atoms with Crippen LogP contribution >= 0.6 is 11.6 Å². The molecule has 2 unspecified atom stereocenters. The number of ether oxygens (including phenoxy) is 1. The normalized spacial score (nSPS) is 14.0. The van der Waals surface area contributed by atoms with Gasteiger partial charge in [0.15, 0.2) is 6.10 Å². The molecule has 2 aromatic rings. The molecule has 0 spiro atoms. The van der Waals surface area contributed by atoms with Crippen LogP contribution in [0.25, 0.3) is 10.9 Å². The number of hydrogen-bond donors (Lipinski definition) is 1. The van der Waals surface area contributed by atoms with Crippen LogP contribution in [0.2, 0.25) is 5.02 Å². The maximum atomic E-state index is 11.6. The largest absolute Gasteiger partial charge is 0.478 e. The summed E-state index contributed by atoms with van der Waals surface area (Å²) >= 11 is 6.16. The zero-order valence-corrected chi connectivity index (χ0v) is 14.4. The van der Waals surface area contributed by atoms with Crippen molar-refractivity contribution in [1.29, 1.82) is 0 Å². The van der Waals surface area contributed by atoms with Crippen molar-refractivity contribution in [3.05, 3.63) is 35.5 Å². The maximum Gasteiger partial charge on any atom is 0.345 e. The highest BCUT2D eigenvalue weighted by molar-refractivity contribution is 6.35. The van der Waals surface area contributed by atoms with Gasteiger partial charge in [-0.15, -0.1) is 0 Å². The lowest BCUT2D eigenvalue weighted by Crippen LogP contribution is -2.34. The Morgan fingerprint density at radius 3 is 2.65 bits per heavy atom. The topological polar surface area (TPSA) is 59.4 Å². The molecule has 1 aromatic carbocycles. The molecule has 0 saturated heterocycles. The van der Waals surface area contributed by atoms with Gasteiger partial charge >= 0.3 is 5.97 Å². The quantitative estimate of drug-likeness (QED) is 0.790. The summed E-state index contributed by atoms with van der Waals surface area (Å²) in [6.45, 7) is 6.16. The molecule has 1 N–H and O–H groups in total. The van der Waals surface area contributed by atoms with E-state index < -0.39 is 12.1 Å². The van der Waals surface area contributed by atoms with Crippen LogP contribution in [0.1, 0.15) is 33.6 Å². The highest BCUT2D eigenvalue weighted by Crippen LogP contribution is 2.31. The number of carboxylic acids is 1. The number of pyridine rings is 1. The van der Waals surface area contributed by atoms with Crippen molar-refractivity contribution in [3.8, 4) is 5.75 Å². The number of rotatable bonds is 7. The van der Waals surface area contributed by atoms with Crippen LogP contribution in [-0.4, -0.2) is 22.2 Å². The van der Waals surface area contributed by atoms with E-state index in [4.69, 9.17) is 16.3 Å². The minimum Gasteiger partial charge on any atom is -0.478 e. The molecule has 1 heterocycles. The lowest BCUT2D eigenvalue weighted by molar-refractivity contribution is -0.147. The predicted octanol–water partition coefficient (Wildman–Crippen LogP) is 4.79. The average Bonchev–Trinajstić information content (AvgIpc) is 2.52. The summed E-state index contributed by atoms with van der Waals surface area (Å²) in [5.41, 5.74) is 0.585. The first-order valence-corrected chi connectivity index (χ1v) is 8.20. The Bertz CT molecular complexity index is 687. The van der Waals surface area contributed by atoms with E-state index in [1.807, 2.05) is 13.0 Å². The van der Waals surface area contributed by atoms with E-state index in [9.17, 15) is 9.90 Å². The van der Waals surface area contributed by atoms with Crippen molar-refractivity contribution < 1.29 is 14.6 Å². The van der Waals surface area contributed by atoms with Crippen LogP contribution in [-0.2, 0) is 4.79 Å². The first-order valence-electron chi connectivity index (χ1n) is 7.82. The molecule has 0 aliphatic rings. The van der Waals surface area contributed by atoms with Gasteiger partial charge < -0.3 is 9.84 Å². The zero-order chi connectivity index (χ0) is 17.0. The standard InChI is InChI=1S/C18H22ClNO3/c1-11(2)6-7-12(3)17(18(21)22)23-15-9-8-14(19)13-5-4-10-20-16(13)15/h4-5,8-12,17H,6-7H2,1-3H3,(H,21,22). The van der Waals surface area contributed by atoms with E-state index >= 15 is 0 Å². The van der Waals surface area contributed by atoms with Crippen LogP contribution < -0.4 is 4.74 Å². The van der Waals surface area contributed by atoms with Gasteiger partial charge in [0.1, 0.15) is 11.3 Å². The summed E-state index contributed by atoms with van der Waals surface area (Å²) < 4.78 is 5.82. The van der Waals surface area contributed by atoms with Crippen LogP contribution in [0, 0.1) is 11.8 Å². The van der Waals surface area contributed by atoms with Gasteiger partial charge in [-0.2, -0.15) is 0 Å². The Balaban J connectivity index is 2.27. The minimum atomic E-state index is -0.958. The summed E-state index contributed by atoms with van der Waals surface area (Å²) in [6, 6.07) is 7.02. The smallest absolute Gasteiger partial charge is 0.345 e. The fraction of sp³-hybridized carbons (Fsp3) is 0.444. The van der Waals surface area contributed by atoms with Crippen molar-refractivity contribution in [1.82, 2.24) is 4.98 Å². The molecule has 0 fully saturated rings. The summed E-state index contributed by atoms with van der Waals surface area (Å²) in [5.74, 6) is -0.0663. The minimum absolute atomic E-state index is 0.0932. The lowest BCUT2D eigenvalue weighted by atomic mass is 9.94. The first-order chi connectivity index (χ1) is 10.9. The molecule has 5 heteroatoms. The van der Waals surface area contributed by atoms with Crippen LogP contribution in [0.3, 0.4) is 0 Å². The number of aromatic nitrogens is 1. The fourth-order valence-corrected chi connectivity index (χ4v) is 2.72. The monoisotopic (exact) mass is 335 g/mol. The Hall–Kier alpha value is -1.81. The number of carboxylic acid groups (broad SMARTS) is 1. The van der Waals surface area contributed by atoms with Crippen molar-refractivity contribution in [2.75, 3.05) is 0 Å². The number of carbonyl (C=O) groups is 1. The lowest BCUT2D eigenvalue weighted by Gasteiger charge is -2.23. The number of fused-ring (bicyclic) bond motifs is 1. The van der Waals surface area contributed by atoms with Gasteiger partial charge in [-0.25, -0.2) is 4.79 Å². The predicted molar refractivity (Wildman–Crippen MR) is 92.0 cm³/mol. The van der Waals surface area contributed by atoms with E-state index in [2.05, 4.69) is 18.8 Å². The third-order valence-electron chi connectivity index (χ3n) is 3.89. The summed E-state index contributed by atoms with van der Waals surface area (Å²) in [4.78, 5) is 15.9. The molecule has 23 heavy (non-hydrogen) atoms. The molecule has 124 valence electrons. The first kappa shape index (κ1) is 17.5. The molecule has 4 nitrogen and oxygen atoms in total. The molecule has 0 radical (unpaired) electrons. The van der Waals surface area contributed by atoms with Gasteiger partial charge in [0.25, 0.3) is 0 Å². The number of benzene rings is 1. The molecule has 2 atom stereocenters. The van der Waals surface area contributed by atoms with Crippen molar-refractivity contribution in [2.45, 2.75) is 39.7 Å². The zero-order valence-electron chi connectivity index (χ0n) is 13.6. The third-order valence-corrected chi connectivity index (χ3v) is 4.22. The maximum absolute atomic E-state index is 11.6. The Morgan fingerprint density at radius 2 is 2.00 bits per heavy atom. The molecule has 0 amide bonds. The van der Waals surface area contributed by atoms with Crippen LogP contribution in [0.5, 0.6) is 5.75 Å². The molecule has 0 aliphatic carbocycles. The molecule has 0 bridgehead atoms. The fourth-order valence-electron chi connectivity index (χ4n) is 2.50. The van der Waals surface area contributed by atoms with Crippen molar-refractivity contribution >= 4 is 28.5 Å². The van der Waals surface area contributed by atoms with Gasteiger partial charge in [0.05, 0.1) is 5.02 Å². The molecule has 0 saturated carbocycles. The summed E-state index contributed by atoms with van der Waals surface area (Å²) in [6.07, 6.45) is 2.51. The molecule has 2 rings (SSSR count). The van der Waals surface area contributed by atoms with Gasteiger partial charge in [0.2, 0.25) is 0 Å². The second-order valence-corrected chi connectivity index (χ2v) is 6.68. The number of aliphatic carboxylic acids is 1. The highest BCUT2D eigenvalue weighted by atomic mass is 35.5. The number of hydrogen-bond acceptors (Lipinski definition) is 3. The Kier molecular flexibility index (Phi) is 5.83. The van der Waals surface area contributed by atoms with Crippen molar-refractivity contribution in [2.24, 2.45) is 11.8 Å². The van der Waals surface area contributed by atoms with Gasteiger partial charge in [-0.05, 0) is 36.6 Å².